The summed E-state index contributed by atoms with van der Waals surface area (Å²) in [6, 6.07) is 5.99. The lowest BCUT2D eigenvalue weighted by atomic mass is 9.94. The van der Waals surface area contributed by atoms with Crippen molar-refractivity contribution in [1.82, 2.24) is 0 Å². The Kier molecular flexibility index (Phi) is 1.73. The van der Waals surface area contributed by atoms with Crippen LogP contribution in [0.2, 0.25) is 0 Å². The van der Waals surface area contributed by atoms with Gasteiger partial charge in [-0.1, -0.05) is 18.2 Å². The first-order valence-electron chi connectivity index (χ1n) is 5.09. The Hall–Kier alpha value is -1.55. The summed E-state index contributed by atoms with van der Waals surface area (Å²) in [5.74, 6) is 0. The summed E-state index contributed by atoms with van der Waals surface area (Å²) >= 11 is 0. The van der Waals surface area contributed by atoms with Crippen LogP contribution in [-0.2, 0) is 11.3 Å². The van der Waals surface area contributed by atoms with Gasteiger partial charge in [-0.2, -0.15) is 0 Å². The molecule has 2 aliphatic heterocycles. The third-order valence-electron chi connectivity index (χ3n) is 3.06. The highest BCUT2D eigenvalue weighted by Gasteiger charge is 2.33. The Labute approximate surface area is 87.6 Å². The smallest absolute Gasteiger partial charge is 0.414 e. The molecule has 0 aliphatic carbocycles. The van der Waals surface area contributed by atoms with Crippen molar-refractivity contribution >= 4 is 11.8 Å². The van der Waals surface area contributed by atoms with E-state index in [1.165, 1.54) is 0 Å². The monoisotopic (exact) mass is 204 g/mol. The van der Waals surface area contributed by atoms with Gasteiger partial charge in [0.05, 0.1) is 5.69 Å². The molecule has 4 heteroatoms. The van der Waals surface area contributed by atoms with Crippen LogP contribution >= 0.6 is 0 Å². The van der Waals surface area contributed by atoms with Gasteiger partial charge < -0.3 is 10.5 Å². The van der Waals surface area contributed by atoms with Crippen LogP contribution in [0.4, 0.5) is 10.5 Å². The summed E-state index contributed by atoms with van der Waals surface area (Å²) in [6.07, 6.45) is 0.549. The summed E-state index contributed by atoms with van der Waals surface area (Å²) in [4.78, 5) is 13.2. The van der Waals surface area contributed by atoms with E-state index in [4.69, 9.17) is 10.5 Å². The second-order valence-electron chi connectivity index (χ2n) is 3.96. The van der Waals surface area contributed by atoms with Gasteiger partial charge in [-0.3, -0.25) is 4.90 Å². The number of hydrogen-bond donors (Lipinski definition) is 1. The van der Waals surface area contributed by atoms with E-state index in [0.29, 0.717) is 13.2 Å². The van der Waals surface area contributed by atoms with Gasteiger partial charge in [0.25, 0.3) is 0 Å². The standard InChI is InChI=1S/C11H12N2O2/c12-9-4-5-13-10-7(6-15-11(13)14)2-1-3-8(9)10/h1-3,9H,4-6,12H2. The van der Waals surface area contributed by atoms with Crippen LogP contribution in [0.15, 0.2) is 18.2 Å². The summed E-state index contributed by atoms with van der Waals surface area (Å²) in [6.45, 7) is 1.02. The fraction of sp³-hybridized carbons (Fsp3) is 0.364. The third kappa shape index (κ3) is 1.15. The number of rotatable bonds is 0. The number of anilines is 1. The van der Waals surface area contributed by atoms with E-state index in [1.807, 2.05) is 18.2 Å². The van der Waals surface area contributed by atoms with Gasteiger partial charge in [0.2, 0.25) is 0 Å². The van der Waals surface area contributed by atoms with E-state index >= 15 is 0 Å². The van der Waals surface area contributed by atoms with Crippen molar-refractivity contribution in [2.24, 2.45) is 5.73 Å². The molecule has 2 heterocycles. The van der Waals surface area contributed by atoms with Crippen LogP contribution in [-0.4, -0.2) is 12.6 Å². The van der Waals surface area contributed by atoms with E-state index in [0.717, 1.165) is 23.2 Å². The maximum absolute atomic E-state index is 11.5. The van der Waals surface area contributed by atoms with E-state index in [2.05, 4.69) is 0 Å². The lowest BCUT2D eigenvalue weighted by Gasteiger charge is -2.36. The Balaban J connectivity index is 2.22. The maximum Gasteiger partial charge on any atom is 0.414 e. The fourth-order valence-electron chi connectivity index (χ4n) is 2.29. The molecule has 4 nitrogen and oxygen atoms in total. The topological polar surface area (TPSA) is 55.6 Å². The molecule has 2 N–H and O–H groups in total. The number of hydrogen-bond acceptors (Lipinski definition) is 3. The molecule has 0 saturated heterocycles. The second kappa shape index (κ2) is 2.97. The molecule has 1 aromatic rings. The maximum atomic E-state index is 11.5. The molecule has 1 amide bonds. The summed E-state index contributed by atoms with van der Waals surface area (Å²) < 4.78 is 5.08. The SMILES string of the molecule is NC1CCN2C(=O)OCc3cccc1c32. The largest absolute Gasteiger partial charge is 0.444 e. The number of cyclic esters (lactones) is 1. The highest BCUT2D eigenvalue weighted by atomic mass is 16.6. The van der Waals surface area contributed by atoms with Crippen molar-refractivity contribution in [3.8, 4) is 0 Å². The Morgan fingerprint density at radius 3 is 3.20 bits per heavy atom. The number of benzene rings is 1. The number of nitrogens with zero attached hydrogens (tertiary/aromatic N) is 1. The molecule has 1 atom stereocenters. The molecule has 2 aliphatic rings. The van der Waals surface area contributed by atoms with Gasteiger partial charge >= 0.3 is 6.09 Å². The third-order valence-corrected chi connectivity index (χ3v) is 3.06. The van der Waals surface area contributed by atoms with Crippen molar-refractivity contribution in [2.75, 3.05) is 11.4 Å². The summed E-state index contributed by atoms with van der Waals surface area (Å²) in [7, 11) is 0. The zero-order valence-corrected chi connectivity index (χ0v) is 8.27. The highest BCUT2D eigenvalue weighted by molar-refractivity contribution is 5.92. The van der Waals surface area contributed by atoms with Crippen molar-refractivity contribution < 1.29 is 9.53 Å². The van der Waals surface area contributed by atoms with Gasteiger partial charge in [-0.25, -0.2) is 4.79 Å². The molecule has 0 radical (unpaired) electrons. The van der Waals surface area contributed by atoms with E-state index < -0.39 is 0 Å². The summed E-state index contributed by atoms with van der Waals surface area (Å²) in [5.41, 5.74) is 9.12. The van der Waals surface area contributed by atoms with Gasteiger partial charge in [0, 0.05) is 18.2 Å². The minimum atomic E-state index is -0.248. The molecule has 0 spiro atoms. The number of nitrogens with two attached hydrogens (primary N) is 1. The molecule has 0 saturated carbocycles. The first-order valence-corrected chi connectivity index (χ1v) is 5.09. The lowest BCUT2D eigenvalue weighted by Crippen LogP contribution is -2.41. The number of para-hydroxylation sites is 1. The van der Waals surface area contributed by atoms with Crippen LogP contribution < -0.4 is 10.6 Å². The van der Waals surface area contributed by atoms with E-state index in [9.17, 15) is 4.79 Å². The minimum absolute atomic E-state index is 0.0436. The Morgan fingerprint density at radius 2 is 2.33 bits per heavy atom. The quantitative estimate of drug-likeness (QED) is 0.697. The van der Waals surface area contributed by atoms with Crippen molar-refractivity contribution in [2.45, 2.75) is 19.1 Å². The molecule has 1 unspecified atom stereocenters. The van der Waals surface area contributed by atoms with Gasteiger partial charge in [0.15, 0.2) is 0 Å². The molecule has 3 rings (SSSR count). The average Bonchev–Trinajstić information content (AvgIpc) is 2.26. The predicted octanol–water partition coefficient (Wildman–Crippen LogP) is 1.55. The zero-order valence-electron chi connectivity index (χ0n) is 8.27. The van der Waals surface area contributed by atoms with Crippen LogP contribution in [0.1, 0.15) is 23.6 Å². The fourth-order valence-corrected chi connectivity index (χ4v) is 2.29. The molecule has 0 fully saturated rings. The molecular formula is C11H12N2O2. The number of amides is 1. The van der Waals surface area contributed by atoms with Crippen molar-refractivity contribution in [1.29, 1.82) is 0 Å². The molecule has 78 valence electrons. The Morgan fingerprint density at radius 1 is 1.47 bits per heavy atom. The van der Waals surface area contributed by atoms with Gasteiger partial charge in [-0.15, -0.1) is 0 Å². The number of carbonyl (C=O) groups excluding carboxylic acids is 1. The molecule has 15 heavy (non-hydrogen) atoms. The zero-order chi connectivity index (χ0) is 10.4. The highest BCUT2D eigenvalue weighted by Crippen LogP contribution is 2.38. The molecular weight excluding hydrogens is 192 g/mol. The van der Waals surface area contributed by atoms with E-state index in [1.54, 1.807) is 4.90 Å². The first-order chi connectivity index (χ1) is 7.27. The van der Waals surface area contributed by atoms with Crippen molar-refractivity contribution in [3.63, 3.8) is 0 Å². The van der Waals surface area contributed by atoms with Crippen molar-refractivity contribution in [3.05, 3.63) is 29.3 Å². The van der Waals surface area contributed by atoms with Crippen LogP contribution in [0, 0.1) is 0 Å². The van der Waals surface area contributed by atoms with Gasteiger partial charge in [-0.05, 0) is 12.0 Å². The first kappa shape index (κ1) is 8.73. The number of ether oxygens (including phenoxy) is 1. The average molecular weight is 204 g/mol. The predicted molar refractivity (Wildman–Crippen MR) is 55.5 cm³/mol. The lowest BCUT2D eigenvalue weighted by molar-refractivity contribution is 0.140. The van der Waals surface area contributed by atoms with Crippen LogP contribution in [0.25, 0.3) is 0 Å². The minimum Gasteiger partial charge on any atom is -0.444 e. The second-order valence-corrected chi connectivity index (χ2v) is 3.96. The van der Waals surface area contributed by atoms with Crippen LogP contribution in [0.3, 0.4) is 0 Å². The van der Waals surface area contributed by atoms with Crippen LogP contribution in [0.5, 0.6) is 0 Å². The molecule has 0 bridgehead atoms. The summed E-state index contributed by atoms with van der Waals surface area (Å²) in [5, 5.41) is 0. The Bertz CT molecular complexity index is 431. The van der Waals surface area contributed by atoms with Gasteiger partial charge in [0.1, 0.15) is 6.61 Å². The number of carbonyl (C=O) groups is 1. The van der Waals surface area contributed by atoms with E-state index in [-0.39, 0.29) is 12.1 Å². The molecule has 0 aromatic heterocycles. The molecule has 1 aromatic carbocycles. The normalized spacial score (nSPS) is 23.4.